The number of likely N-dealkylation sites (tertiary alicyclic amines) is 1. The fourth-order valence-corrected chi connectivity index (χ4v) is 5.46. The van der Waals surface area contributed by atoms with Gasteiger partial charge in [0.1, 0.15) is 0 Å². The van der Waals surface area contributed by atoms with Gasteiger partial charge in [0.05, 0.1) is 10.5 Å². The normalized spacial score (nSPS) is 18.7. The van der Waals surface area contributed by atoms with Gasteiger partial charge in [-0.05, 0) is 56.7 Å². The van der Waals surface area contributed by atoms with Crippen LogP contribution in [0, 0.1) is 6.92 Å². The maximum absolute atomic E-state index is 13.0. The molecule has 0 N–H and O–H groups in total. The summed E-state index contributed by atoms with van der Waals surface area (Å²) in [5.74, 6) is -0.887. The number of amides is 1. The van der Waals surface area contributed by atoms with Crippen LogP contribution < -0.4 is 0 Å². The fourth-order valence-electron chi connectivity index (χ4n) is 3.69. The van der Waals surface area contributed by atoms with Crippen molar-refractivity contribution in [3.63, 3.8) is 0 Å². The van der Waals surface area contributed by atoms with Gasteiger partial charge in [-0.1, -0.05) is 12.5 Å². The van der Waals surface area contributed by atoms with Gasteiger partial charge in [-0.3, -0.25) is 4.79 Å². The van der Waals surface area contributed by atoms with Crippen LogP contribution >= 0.6 is 0 Å². The highest BCUT2D eigenvalue weighted by atomic mass is 32.2. The molecule has 28 heavy (non-hydrogen) atoms. The maximum Gasteiger partial charge on any atom is 0.338 e. The number of carbonyl (C=O) groups is 2. The number of ether oxygens (including phenoxy) is 1. The van der Waals surface area contributed by atoms with Gasteiger partial charge in [0.2, 0.25) is 10.0 Å². The number of hydrogen-bond donors (Lipinski definition) is 0. The second-order valence-corrected chi connectivity index (χ2v) is 9.37. The summed E-state index contributed by atoms with van der Waals surface area (Å²) in [6.45, 7) is 3.78. The Morgan fingerprint density at radius 2 is 1.57 bits per heavy atom. The lowest BCUT2D eigenvalue weighted by Crippen LogP contribution is -2.38. The van der Waals surface area contributed by atoms with E-state index in [-0.39, 0.29) is 23.0 Å². The number of rotatable bonds is 5. The molecular formula is C20H28N2O5S. The van der Waals surface area contributed by atoms with Crippen LogP contribution in [0.2, 0.25) is 0 Å². The summed E-state index contributed by atoms with van der Waals surface area (Å²) < 4.78 is 32.6. The first-order valence-electron chi connectivity index (χ1n) is 9.95. The topological polar surface area (TPSA) is 84.0 Å². The van der Waals surface area contributed by atoms with Gasteiger partial charge in [-0.15, -0.1) is 0 Å². The van der Waals surface area contributed by atoms with E-state index in [4.69, 9.17) is 4.74 Å². The molecule has 0 spiro atoms. The zero-order chi connectivity index (χ0) is 20.1. The van der Waals surface area contributed by atoms with Crippen LogP contribution in [0.25, 0.3) is 0 Å². The van der Waals surface area contributed by atoms with Crippen molar-refractivity contribution in [3.8, 4) is 0 Å². The highest BCUT2D eigenvalue weighted by Crippen LogP contribution is 2.24. The van der Waals surface area contributed by atoms with E-state index in [0.29, 0.717) is 31.7 Å². The van der Waals surface area contributed by atoms with Crippen molar-refractivity contribution < 1.29 is 22.7 Å². The summed E-state index contributed by atoms with van der Waals surface area (Å²) in [5.41, 5.74) is 0.735. The molecule has 1 amide bonds. The Kier molecular flexibility index (Phi) is 6.72. The first-order chi connectivity index (χ1) is 13.4. The molecule has 3 rings (SSSR count). The third-order valence-corrected chi connectivity index (χ3v) is 7.43. The van der Waals surface area contributed by atoms with Gasteiger partial charge in [-0.25, -0.2) is 13.2 Å². The van der Waals surface area contributed by atoms with Crippen molar-refractivity contribution in [1.29, 1.82) is 0 Å². The van der Waals surface area contributed by atoms with E-state index in [1.807, 2.05) is 0 Å². The zero-order valence-electron chi connectivity index (χ0n) is 16.4. The quantitative estimate of drug-likeness (QED) is 0.698. The highest BCUT2D eigenvalue weighted by molar-refractivity contribution is 7.89. The lowest BCUT2D eigenvalue weighted by atomic mass is 10.1. The molecule has 1 aromatic rings. The van der Waals surface area contributed by atoms with E-state index in [1.54, 1.807) is 17.9 Å². The van der Waals surface area contributed by atoms with Crippen molar-refractivity contribution in [2.24, 2.45) is 0 Å². The van der Waals surface area contributed by atoms with Gasteiger partial charge in [0.15, 0.2) is 6.61 Å². The minimum atomic E-state index is -3.65. The number of carbonyl (C=O) groups excluding carboxylic acids is 2. The molecule has 0 bridgehead atoms. The molecule has 8 heteroatoms. The predicted octanol–water partition coefficient (Wildman–Crippen LogP) is 2.34. The number of aryl methyl sites for hydroxylation is 1. The maximum atomic E-state index is 13.0. The molecule has 0 aliphatic carbocycles. The zero-order valence-corrected chi connectivity index (χ0v) is 17.2. The van der Waals surface area contributed by atoms with E-state index in [0.717, 1.165) is 38.5 Å². The summed E-state index contributed by atoms with van der Waals surface area (Å²) in [7, 11) is -3.65. The molecule has 0 aromatic heterocycles. The number of piperidine rings is 2. The molecule has 0 radical (unpaired) electrons. The van der Waals surface area contributed by atoms with Crippen LogP contribution in [0.3, 0.4) is 0 Å². The molecule has 2 aliphatic heterocycles. The molecule has 0 unspecified atom stereocenters. The molecule has 2 heterocycles. The summed E-state index contributed by atoms with van der Waals surface area (Å²) in [6, 6.07) is 4.52. The molecule has 0 atom stereocenters. The third kappa shape index (κ3) is 4.72. The summed E-state index contributed by atoms with van der Waals surface area (Å²) >= 11 is 0. The molecule has 7 nitrogen and oxygen atoms in total. The molecule has 154 valence electrons. The van der Waals surface area contributed by atoms with Crippen LogP contribution in [0.15, 0.2) is 23.1 Å². The van der Waals surface area contributed by atoms with Gasteiger partial charge in [-0.2, -0.15) is 4.31 Å². The highest BCUT2D eigenvalue weighted by Gasteiger charge is 2.28. The van der Waals surface area contributed by atoms with Crippen molar-refractivity contribution in [3.05, 3.63) is 29.3 Å². The summed E-state index contributed by atoms with van der Waals surface area (Å²) in [4.78, 5) is 26.4. The second-order valence-electron chi connectivity index (χ2n) is 7.46. The van der Waals surface area contributed by atoms with Crippen molar-refractivity contribution in [2.45, 2.75) is 50.3 Å². The first-order valence-corrected chi connectivity index (χ1v) is 11.4. The van der Waals surface area contributed by atoms with Crippen LogP contribution in [0.5, 0.6) is 0 Å². The number of hydrogen-bond acceptors (Lipinski definition) is 5. The molecule has 2 fully saturated rings. The Morgan fingerprint density at radius 3 is 2.21 bits per heavy atom. The number of sulfonamides is 1. The summed E-state index contributed by atoms with van der Waals surface area (Å²) in [6.07, 6.45) is 5.77. The van der Waals surface area contributed by atoms with Crippen molar-refractivity contribution >= 4 is 21.9 Å². The molecule has 0 saturated carbocycles. The number of nitrogens with zero attached hydrogens (tertiary/aromatic N) is 2. The van der Waals surface area contributed by atoms with Gasteiger partial charge in [0, 0.05) is 26.2 Å². The Labute approximate surface area is 166 Å². The second kappa shape index (κ2) is 9.05. The average Bonchev–Trinajstić information content (AvgIpc) is 2.73. The van der Waals surface area contributed by atoms with Gasteiger partial charge >= 0.3 is 5.97 Å². The molecule has 1 aromatic carbocycles. The minimum absolute atomic E-state index is 0.131. The van der Waals surface area contributed by atoms with E-state index in [1.165, 1.54) is 16.4 Å². The van der Waals surface area contributed by atoms with Gasteiger partial charge in [0.25, 0.3) is 5.91 Å². The Hall–Kier alpha value is -1.93. The Bertz CT molecular complexity index is 825. The van der Waals surface area contributed by atoms with E-state index in [9.17, 15) is 18.0 Å². The lowest BCUT2D eigenvalue weighted by molar-refractivity contribution is -0.135. The van der Waals surface area contributed by atoms with E-state index >= 15 is 0 Å². The average molecular weight is 409 g/mol. The Morgan fingerprint density at radius 1 is 0.964 bits per heavy atom. The number of benzene rings is 1. The SMILES string of the molecule is Cc1ccc(C(=O)OCC(=O)N2CCCCC2)cc1S(=O)(=O)N1CCCCC1. The van der Waals surface area contributed by atoms with E-state index < -0.39 is 16.0 Å². The van der Waals surface area contributed by atoms with Crippen LogP contribution in [-0.4, -0.2) is 62.3 Å². The number of esters is 1. The first kappa shape index (κ1) is 20.8. The standard InChI is InChI=1S/C20H28N2O5S/c1-16-8-9-17(14-18(16)28(25,26)22-12-6-3-7-13-22)20(24)27-15-19(23)21-10-4-2-5-11-21/h8-9,14H,2-7,10-13,15H2,1H3. The van der Waals surface area contributed by atoms with Crippen LogP contribution in [0.1, 0.15) is 54.4 Å². The van der Waals surface area contributed by atoms with E-state index in [2.05, 4.69) is 0 Å². The molecule has 2 aliphatic rings. The van der Waals surface area contributed by atoms with Crippen LogP contribution in [0.4, 0.5) is 0 Å². The molecular weight excluding hydrogens is 380 g/mol. The predicted molar refractivity (Wildman–Crippen MR) is 105 cm³/mol. The fraction of sp³-hybridized carbons (Fsp3) is 0.600. The third-order valence-electron chi connectivity index (χ3n) is 5.39. The molecule has 2 saturated heterocycles. The van der Waals surface area contributed by atoms with Crippen molar-refractivity contribution in [1.82, 2.24) is 9.21 Å². The summed E-state index contributed by atoms with van der Waals surface area (Å²) in [5, 5.41) is 0. The van der Waals surface area contributed by atoms with Crippen molar-refractivity contribution in [2.75, 3.05) is 32.8 Å². The smallest absolute Gasteiger partial charge is 0.338 e. The lowest BCUT2D eigenvalue weighted by Gasteiger charge is -2.27. The minimum Gasteiger partial charge on any atom is -0.452 e. The van der Waals surface area contributed by atoms with Gasteiger partial charge < -0.3 is 9.64 Å². The van der Waals surface area contributed by atoms with Crippen LogP contribution in [-0.2, 0) is 19.6 Å². The monoisotopic (exact) mass is 408 g/mol. The Balaban J connectivity index is 1.69. The largest absolute Gasteiger partial charge is 0.452 e.